The Morgan fingerprint density at radius 3 is 2.82 bits per heavy atom. The van der Waals surface area contributed by atoms with Crippen LogP contribution in [0, 0.1) is 6.92 Å². The second-order valence-electron chi connectivity index (χ2n) is 7.08. The van der Waals surface area contributed by atoms with Crippen LogP contribution in [-0.4, -0.2) is 16.7 Å². The first-order valence-electron chi connectivity index (χ1n) is 9.17. The molecule has 2 aromatic rings. The number of pyridine rings is 1. The average Bonchev–Trinajstić information content (AvgIpc) is 3.06. The zero-order valence-corrected chi connectivity index (χ0v) is 18.0. The van der Waals surface area contributed by atoms with Crippen molar-refractivity contribution in [3.63, 3.8) is 0 Å². The second kappa shape index (κ2) is 7.64. The van der Waals surface area contributed by atoms with Crippen molar-refractivity contribution in [3.8, 4) is 0 Å². The third kappa shape index (κ3) is 3.56. The van der Waals surface area contributed by atoms with E-state index in [0.717, 1.165) is 44.0 Å². The van der Waals surface area contributed by atoms with E-state index in [9.17, 15) is 9.59 Å². The highest BCUT2D eigenvalue weighted by atomic mass is 79.9. The van der Waals surface area contributed by atoms with Crippen LogP contribution in [0.3, 0.4) is 0 Å². The number of hydrogen-bond acceptors (Lipinski definition) is 5. The van der Waals surface area contributed by atoms with Gasteiger partial charge in [-0.15, -0.1) is 11.3 Å². The summed E-state index contributed by atoms with van der Waals surface area (Å²) in [7, 11) is 0. The molecule has 7 heteroatoms. The predicted molar refractivity (Wildman–Crippen MR) is 114 cm³/mol. The topological polar surface area (TPSA) is 71.1 Å². The molecule has 3 heterocycles. The van der Waals surface area contributed by atoms with E-state index in [0.29, 0.717) is 17.8 Å². The van der Waals surface area contributed by atoms with Crippen molar-refractivity contribution in [1.82, 2.24) is 10.3 Å². The molecule has 0 radical (unpaired) electrons. The second-order valence-corrected chi connectivity index (χ2v) is 9.57. The number of aromatic nitrogens is 1. The van der Waals surface area contributed by atoms with E-state index < -0.39 is 0 Å². The van der Waals surface area contributed by atoms with E-state index in [-0.39, 0.29) is 17.6 Å². The molecule has 1 atom stereocenters. The number of nitrogens with one attached hydrogen (secondary N) is 2. The number of rotatable bonds is 3. The molecule has 1 aliphatic carbocycles. The molecule has 2 aliphatic rings. The molecule has 4 rings (SSSR count). The summed E-state index contributed by atoms with van der Waals surface area (Å²) in [5.74, 6) is 0.0358. The largest absolute Gasteiger partial charge is 0.362 e. The summed E-state index contributed by atoms with van der Waals surface area (Å²) in [6, 6.07) is 7.66. The maximum Gasteiger partial charge on any atom is 0.255 e. The molecular formula is C21H20BrN3O2S. The van der Waals surface area contributed by atoms with E-state index >= 15 is 0 Å². The maximum absolute atomic E-state index is 13.3. The minimum absolute atomic E-state index is 0.120. The van der Waals surface area contributed by atoms with Crippen molar-refractivity contribution in [2.45, 2.75) is 39.0 Å². The number of ketones is 1. The quantitative estimate of drug-likeness (QED) is 0.692. The van der Waals surface area contributed by atoms with Crippen LogP contribution in [0.25, 0.3) is 0 Å². The average molecular weight is 458 g/mol. The molecule has 0 saturated heterocycles. The molecule has 2 N–H and O–H groups in total. The smallest absolute Gasteiger partial charge is 0.255 e. The molecule has 0 spiro atoms. The van der Waals surface area contributed by atoms with Gasteiger partial charge in [-0.3, -0.25) is 9.59 Å². The van der Waals surface area contributed by atoms with Crippen molar-refractivity contribution in [1.29, 1.82) is 0 Å². The van der Waals surface area contributed by atoms with E-state index in [1.807, 2.05) is 38.1 Å². The summed E-state index contributed by atoms with van der Waals surface area (Å²) in [5, 5.41) is 6.24. The van der Waals surface area contributed by atoms with Crippen molar-refractivity contribution in [2.24, 2.45) is 0 Å². The van der Waals surface area contributed by atoms with Crippen LogP contribution in [0.2, 0.25) is 0 Å². The Balaban J connectivity index is 1.77. The number of amides is 1. The van der Waals surface area contributed by atoms with Gasteiger partial charge in [0.05, 0.1) is 9.70 Å². The SMILES string of the molecule is CC1=C(C(=O)Nc2cc(C)ccn2)[C@@H](c2ccc(Br)s2)C2=C(CCCC2=O)N1. The van der Waals surface area contributed by atoms with E-state index in [1.165, 1.54) is 0 Å². The minimum Gasteiger partial charge on any atom is -0.362 e. The van der Waals surface area contributed by atoms with Gasteiger partial charge in [-0.1, -0.05) is 0 Å². The number of thiophene rings is 1. The number of nitrogens with zero attached hydrogens (tertiary/aromatic N) is 1. The lowest BCUT2D eigenvalue weighted by Gasteiger charge is -2.33. The Bertz CT molecular complexity index is 1040. The number of halogens is 1. The van der Waals surface area contributed by atoms with Gasteiger partial charge in [0.1, 0.15) is 5.82 Å². The van der Waals surface area contributed by atoms with Crippen LogP contribution in [0.1, 0.15) is 42.5 Å². The van der Waals surface area contributed by atoms with E-state index in [4.69, 9.17) is 0 Å². The molecule has 1 amide bonds. The van der Waals surface area contributed by atoms with Gasteiger partial charge in [-0.25, -0.2) is 4.98 Å². The Morgan fingerprint density at radius 2 is 2.11 bits per heavy atom. The highest BCUT2D eigenvalue weighted by Gasteiger charge is 2.39. The molecule has 0 aromatic carbocycles. The summed E-state index contributed by atoms with van der Waals surface area (Å²) >= 11 is 5.07. The Hall–Kier alpha value is -2.25. The first kappa shape index (κ1) is 19.1. The molecule has 0 saturated carbocycles. The van der Waals surface area contributed by atoms with Crippen LogP contribution >= 0.6 is 27.3 Å². The monoisotopic (exact) mass is 457 g/mol. The molecule has 0 bridgehead atoms. The molecule has 0 unspecified atom stereocenters. The van der Waals surface area contributed by atoms with E-state index in [2.05, 4.69) is 31.5 Å². The van der Waals surface area contributed by atoms with Gasteiger partial charge in [-0.2, -0.15) is 0 Å². The zero-order valence-electron chi connectivity index (χ0n) is 15.6. The normalized spacial score (nSPS) is 19.4. The Morgan fingerprint density at radius 1 is 1.29 bits per heavy atom. The molecule has 0 fully saturated rings. The van der Waals surface area contributed by atoms with E-state index in [1.54, 1.807) is 17.5 Å². The number of carbonyl (C=O) groups excluding carboxylic acids is 2. The van der Waals surface area contributed by atoms with Gasteiger partial charge in [0.2, 0.25) is 0 Å². The number of aryl methyl sites for hydroxylation is 1. The van der Waals surface area contributed by atoms with Crippen molar-refractivity contribution >= 4 is 44.8 Å². The van der Waals surface area contributed by atoms with Crippen molar-refractivity contribution in [2.75, 3.05) is 5.32 Å². The number of hydrogen-bond donors (Lipinski definition) is 2. The molecule has 2 aromatic heterocycles. The lowest BCUT2D eigenvalue weighted by molar-refractivity contribution is -0.116. The van der Waals surface area contributed by atoms with Gasteiger partial charge >= 0.3 is 0 Å². The Kier molecular flexibility index (Phi) is 5.21. The standard InChI is InChI=1S/C21H20BrN3O2S/c1-11-8-9-23-17(10-11)25-21(27)18-12(2)24-13-4-3-5-14(26)19(13)20(18)15-6-7-16(22)28-15/h6-10,20,24H,3-5H2,1-2H3,(H,23,25,27)/t20-/m1/s1. The fourth-order valence-electron chi connectivity index (χ4n) is 3.84. The number of carbonyl (C=O) groups is 2. The first-order chi connectivity index (χ1) is 13.4. The molecule has 1 aliphatic heterocycles. The van der Waals surface area contributed by atoms with Crippen LogP contribution in [0.5, 0.6) is 0 Å². The van der Waals surface area contributed by atoms with Crippen molar-refractivity contribution < 1.29 is 9.59 Å². The zero-order chi connectivity index (χ0) is 19.8. The highest BCUT2D eigenvalue weighted by molar-refractivity contribution is 9.11. The van der Waals surface area contributed by atoms with Crippen LogP contribution in [0.15, 0.2) is 56.8 Å². The third-order valence-electron chi connectivity index (χ3n) is 5.06. The maximum atomic E-state index is 13.3. The summed E-state index contributed by atoms with van der Waals surface area (Å²) in [5.41, 5.74) is 4.06. The van der Waals surface area contributed by atoms with Gasteiger partial charge in [-0.05, 0) is 72.4 Å². The van der Waals surface area contributed by atoms with Gasteiger partial charge in [0.25, 0.3) is 5.91 Å². The fraction of sp³-hybridized carbons (Fsp3) is 0.286. The third-order valence-corrected chi connectivity index (χ3v) is 6.74. The van der Waals surface area contributed by atoms with Gasteiger partial charge in [0, 0.05) is 40.0 Å². The number of anilines is 1. The van der Waals surface area contributed by atoms with Crippen LogP contribution in [0.4, 0.5) is 5.82 Å². The molecule has 28 heavy (non-hydrogen) atoms. The molecule has 144 valence electrons. The summed E-state index contributed by atoms with van der Waals surface area (Å²) in [4.78, 5) is 31.3. The summed E-state index contributed by atoms with van der Waals surface area (Å²) in [6.45, 7) is 3.85. The molecule has 5 nitrogen and oxygen atoms in total. The van der Waals surface area contributed by atoms with Gasteiger partial charge < -0.3 is 10.6 Å². The van der Waals surface area contributed by atoms with Crippen molar-refractivity contribution in [3.05, 3.63) is 67.2 Å². The Labute approximate surface area is 176 Å². The lowest BCUT2D eigenvalue weighted by Crippen LogP contribution is -2.35. The lowest BCUT2D eigenvalue weighted by atomic mass is 9.77. The fourth-order valence-corrected chi connectivity index (χ4v) is 5.38. The predicted octanol–water partition coefficient (Wildman–Crippen LogP) is 4.82. The molecular weight excluding hydrogens is 438 g/mol. The van der Waals surface area contributed by atoms with Crippen LogP contribution in [-0.2, 0) is 9.59 Å². The van der Waals surface area contributed by atoms with Gasteiger partial charge in [0.15, 0.2) is 5.78 Å². The highest BCUT2D eigenvalue weighted by Crippen LogP contribution is 2.45. The summed E-state index contributed by atoms with van der Waals surface area (Å²) < 4.78 is 0.976. The van der Waals surface area contributed by atoms with Crippen LogP contribution < -0.4 is 10.6 Å². The first-order valence-corrected chi connectivity index (χ1v) is 10.8. The number of allylic oxidation sites excluding steroid dienone is 3. The minimum atomic E-state index is -0.356. The summed E-state index contributed by atoms with van der Waals surface area (Å²) in [6.07, 6.45) is 3.87. The number of dihydropyridines is 1. The number of Topliss-reactive ketones (excluding diaryl/α,β-unsaturated/α-hetero) is 1.